The van der Waals surface area contributed by atoms with E-state index in [-0.39, 0.29) is 5.57 Å². The van der Waals surface area contributed by atoms with Gasteiger partial charge in [0.15, 0.2) is 0 Å². The summed E-state index contributed by atoms with van der Waals surface area (Å²) in [7, 11) is 0. The number of hydrogen-bond donors (Lipinski definition) is 0. The van der Waals surface area contributed by atoms with Crippen LogP contribution in [0.3, 0.4) is 0 Å². The summed E-state index contributed by atoms with van der Waals surface area (Å²) in [4.78, 5) is 2.42. The minimum absolute atomic E-state index is 0.0989. The highest BCUT2D eigenvalue weighted by Crippen LogP contribution is 2.15. The second-order valence-electron chi connectivity index (χ2n) is 5.36. The summed E-state index contributed by atoms with van der Waals surface area (Å²) < 4.78 is 11.0. The molecule has 1 saturated heterocycles. The van der Waals surface area contributed by atoms with E-state index in [0.717, 1.165) is 57.0 Å². The van der Waals surface area contributed by atoms with Crippen LogP contribution < -0.4 is 4.74 Å². The molecule has 0 N–H and O–H groups in total. The van der Waals surface area contributed by atoms with E-state index >= 15 is 0 Å². The quantitative estimate of drug-likeness (QED) is 0.572. The molecule has 1 aromatic rings. The summed E-state index contributed by atoms with van der Waals surface area (Å²) in [5.41, 5.74) is 0.921. The summed E-state index contributed by atoms with van der Waals surface area (Å²) in [5.74, 6) is 0.809. The van der Waals surface area contributed by atoms with Crippen molar-refractivity contribution >= 4 is 6.08 Å². The first-order valence-corrected chi connectivity index (χ1v) is 7.86. The van der Waals surface area contributed by atoms with Gasteiger partial charge < -0.3 is 9.47 Å². The SMILES string of the molecule is N#CC(C#N)=Cc1ccc(OCCCCN2CCOCC2)cc1. The van der Waals surface area contributed by atoms with Gasteiger partial charge in [-0.15, -0.1) is 0 Å². The van der Waals surface area contributed by atoms with Crippen molar-refractivity contribution in [3.63, 3.8) is 0 Å². The maximum Gasteiger partial charge on any atom is 0.130 e. The van der Waals surface area contributed by atoms with E-state index in [4.69, 9.17) is 20.0 Å². The summed E-state index contributed by atoms with van der Waals surface area (Å²) >= 11 is 0. The molecule has 1 aliphatic rings. The molecule has 0 bridgehead atoms. The van der Waals surface area contributed by atoms with E-state index in [9.17, 15) is 0 Å². The largest absolute Gasteiger partial charge is 0.494 e. The summed E-state index contributed by atoms with van der Waals surface area (Å²) in [5, 5.41) is 17.5. The molecule has 1 aliphatic heterocycles. The van der Waals surface area contributed by atoms with E-state index in [2.05, 4.69) is 4.90 Å². The molecule has 5 nitrogen and oxygen atoms in total. The zero-order valence-corrected chi connectivity index (χ0v) is 13.2. The molecular weight excluding hydrogens is 290 g/mol. The zero-order valence-electron chi connectivity index (χ0n) is 13.2. The van der Waals surface area contributed by atoms with E-state index in [0.29, 0.717) is 6.61 Å². The van der Waals surface area contributed by atoms with Crippen molar-refractivity contribution in [2.75, 3.05) is 39.5 Å². The Morgan fingerprint density at radius 1 is 1.13 bits per heavy atom. The Morgan fingerprint density at radius 2 is 1.83 bits per heavy atom. The molecule has 120 valence electrons. The van der Waals surface area contributed by atoms with Gasteiger partial charge in [0.2, 0.25) is 0 Å². The van der Waals surface area contributed by atoms with Crippen LogP contribution in [0.1, 0.15) is 18.4 Å². The molecule has 1 fully saturated rings. The maximum absolute atomic E-state index is 8.73. The molecule has 0 amide bonds. The fourth-order valence-electron chi connectivity index (χ4n) is 2.37. The molecule has 1 aromatic carbocycles. The number of ether oxygens (including phenoxy) is 2. The van der Waals surface area contributed by atoms with Crippen molar-refractivity contribution in [1.82, 2.24) is 4.90 Å². The molecule has 0 unspecified atom stereocenters. The Balaban J connectivity index is 1.67. The number of rotatable bonds is 7. The van der Waals surface area contributed by atoms with Crippen LogP contribution in [-0.4, -0.2) is 44.4 Å². The van der Waals surface area contributed by atoms with Gasteiger partial charge in [-0.2, -0.15) is 10.5 Å². The van der Waals surface area contributed by atoms with Crippen molar-refractivity contribution in [2.24, 2.45) is 0 Å². The molecule has 0 saturated carbocycles. The van der Waals surface area contributed by atoms with Crippen molar-refractivity contribution in [3.05, 3.63) is 35.4 Å². The van der Waals surface area contributed by atoms with E-state index in [1.807, 2.05) is 36.4 Å². The van der Waals surface area contributed by atoms with Crippen LogP contribution in [0.2, 0.25) is 0 Å². The minimum atomic E-state index is 0.0989. The third-order valence-corrected chi connectivity index (χ3v) is 3.67. The predicted molar refractivity (Wildman–Crippen MR) is 87.6 cm³/mol. The molecule has 0 aliphatic carbocycles. The average molecular weight is 311 g/mol. The summed E-state index contributed by atoms with van der Waals surface area (Å²) in [6, 6.07) is 11.1. The maximum atomic E-state index is 8.73. The van der Waals surface area contributed by atoms with Gasteiger partial charge in [-0.05, 0) is 43.2 Å². The first-order chi connectivity index (χ1) is 11.3. The normalized spacial score (nSPS) is 14.5. The van der Waals surface area contributed by atoms with Crippen LogP contribution in [0.25, 0.3) is 6.08 Å². The Labute approximate surface area is 137 Å². The lowest BCUT2D eigenvalue weighted by Crippen LogP contribution is -2.36. The first-order valence-electron chi connectivity index (χ1n) is 7.86. The fraction of sp³-hybridized carbons (Fsp3) is 0.444. The molecule has 23 heavy (non-hydrogen) atoms. The second-order valence-corrected chi connectivity index (χ2v) is 5.36. The number of nitriles is 2. The van der Waals surface area contributed by atoms with Crippen LogP contribution in [0.5, 0.6) is 5.75 Å². The zero-order chi connectivity index (χ0) is 16.3. The van der Waals surface area contributed by atoms with Gasteiger partial charge in [-0.1, -0.05) is 12.1 Å². The Hall–Kier alpha value is -2.34. The van der Waals surface area contributed by atoms with Crippen molar-refractivity contribution < 1.29 is 9.47 Å². The number of nitrogens with zero attached hydrogens (tertiary/aromatic N) is 3. The second kappa shape index (κ2) is 9.63. The van der Waals surface area contributed by atoms with E-state index in [1.54, 1.807) is 6.08 Å². The average Bonchev–Trinajstić information content (AvgIpc) is 2.61. The summed E-state index contributed by atoms with van der Waals surface area (Å²) in [6.07, 6.45) is 3.70. The van der Waals surface area contributed by atoms with Crippen LogP contribution in [-0.2, 0) is 4.74 Å². The lowest BCUT2D eigenvalue weighted by atomic mass is 10.1. The smallest absolute Gasteiger partial charge is 0.130 e. The van der Waals surface area contributed by atoms with Gasteiger partial charge in [-0.25, -0.2) is 0 Å². The monoisotopic (exact) mass is 311 g/mol. The number of hydrogen-bond acceptors (Lipinski definition) is 5. The molecule has 0 spiro atoms. The van der Waals surface area contributed by atoms with Crippen molar-refractivity contribution in [2.45, 2.75) is 12.8 Å². The number of unbranched alkanes of at least 4 members (excludes halogenated alkanes) is 1. The van der Waals surface area contributed by atoms with Crippen LogP contribution >= 0.6 is 0 Å². The lowest BCUT2D eigenvalue weighted by molar-refractivity contribution is 0.0368. The number of morpholine rings is 1. The lowest BCUT2D eigenvalue weighted by Gasteiger charge is -2.26. The molecule has 0 atom stereocenters. The predicted octanol–water partition coefficient (Wildman–Crippen LogP) is 2.61. The van der Waals surface area contributed by atoms with Gasteiger partial charge in [0.1, 0.15) is 23.5 Å². The van der Waals surface area contributed by atoms with Gasteiger partial charge in [0, 0.05) is 13.1 Å². The highest BCUT2D eigenvalue weighted by molar-refractivity contribution is 5.62. The van der Waals surface area contributed by atoms with Crippen LogP contribution in [0, 0.1) is 22.7 Å². The fourth-order valence-corrected chi connectivity index (χ4v) is 2.37. The van der Waals surface area contributed by atoms with Crippen molar-refractivity contribution in [3.8, 4) is 17.9 Å². The van der Waals surface area contributed by atoms with Gasteiger partial charge >= 0.3 is 0 Å². The highest BCUT2D eigenvalue weighted by atomic mass is 16.5. The third kappa shape index (κ3) is 6.12. The molecular formula is C18H21N3O2. The Kier molecular flexibility index (Phi) is 7.13. The van der Waals surface area contributed by atoms with Crippen LogP contribution in [0.4, 0.5) is 0 Å². The summed E-state index contributed by atoms with van der Waals surface area (Å²) in [6.45, 7) is 5.54. The standard InChI is InChI=1S/C18H21N3O2/c19-14-17(15-20)13-16-3-5-18(6-4-16)23-10-2-1-7-21-8-11-22-12-9-21/h3-6,13H,1-2,7-12H2. The minimum Gasteiger partial charge on any atom is -0.494 e. The third-order valence-electron chi connectivity index (χ3n) is 3.67. The van der Waals surface area contributed by atoms with Crippen LogP contribution in [0.15, 0.2) is 29.8 Å². The Bertz CT molecular complexity index is 574. The van der Waals surface area contributed by atoms with Gasteiger partial charge in [0.05, 0.1) is 19.8 Å². The van der Waals surface area contributed by atoms with Gasteiger partial charge in [-0.3, -0.25) is 4.90 Å². The first kappa shape index (κ1) is 17.0. The highest BCUT2D eigenvalue weighted by Gasteiger charge is 2.08. The number of allylic oxidation sites excluding steroid dienone is 1. The van der Waals surface area contributed by atoms with Gasteiger partial charge in [0.25, 0.3) is 0 Å². The molecule has 5 heteroatoms. The molecule has 2 rings (SSSR count). The van der Waals surface area contributed by atoms with E-state index in [1.165, 1.54) is 0 Å². The van der Waals surface area contributed by atoms with E-state index < -0.39 is 0 Å². The molecule has 0 radical (unpaired) electrons. The topological polar surface area (TPSA) is 69.3 Å². The molecule has 0 aromatic heterocycles. The molecule has 1 heterocycles. The van der Waals surface area contributed by atoms with Crippen molar-refractivity contribution in [1.29, 1.82) is 10.5 Å². The number of benzene rings is 1. The Morgan fingerprint density at radius 3 is 2.48 bits per heavy atom.